The van der Waals surface area contributed by atoms with Gasteiger partial charge in [0.1, 0.15) is 0 Å². The highest BCUT2D eigenvalue weighted by molar-refractivity contribution is 5.27. The molecule has 0 N–H and O–H groups in total. The second-order valence-electron chi connectivity index (χ2n) is 3.16. The molecule has 0 amide bonds. The summed E-state index contributed by atoms with van der Waals surface area (Å²) in [5.74, 6) is 0.0729. The number of anilines is 1. The van der Waals surface area contributed by atoms with Crippen LogP contribution in [0.3, 0.4) is 0 Å². The average Bonchev–Trinajstić information content (AvgIpc) is 2.16. The van der Waals surface area contributed by atoms with Crippen molar-refractivity contribution in [2.75, 3.05) is 18.0 Å². The third-order valence-corrected chi connectivity index (χ3v) is 1.84. The van der Waals surface area contributed by atoms with Crippen LogP contribution in [-0.4, -0.2) is 28.0 Å². The van der Waals surface area contributed by atoms with Crippen LogP contribution >= 0.6 is 0 Å². The summed E-state index contributed by atoms with van der Waals surface area (Å²) >= 11 is 0. The van der Waals surface area contributed by atoms with Crippen LogP contribution in [0.4, 0.5) is 14.7 Å². The fraction of sp³-hybridized carbons (Fsp3) is 0.667. The Morgan fingerprint density at radius 3 is 1.80 bits per heavy atom. The van der Waals surface area contributed by atoms with Crippen molar-refractivity contribution in [2.24, 2.45) is 0 Å². The first-order valence-electron chi connectivity index (χ1n) is 4.99. The largest absolute Gasteiger partial charge is 0.341 e. The van der Waals surface area contributed by atoms with Gasteiger partial charge in [0.25, 0.3) is 0 Å². The van der Waals surface area contributed by atoms with Gasteiger partial charge in [-0.15, -0.1) is 0 Å². The van der Waals surface area contributed by atoms with Crippen molar-refractivity contribution >= 4 is 5.95 Å². The highest BCUT2D eigenvalue weighted by Crippen LogP contribution is 2.08. The van der Waals surface area contributed by atoms with Gasteiger partial charge in [0.05, 0.1) is 0 Å². The molecule has 0 aliphatic rings. The standard InChI is InChI=1S/C9H14F2N4/c1-3-5-15(6-4-2)9-13-7(10)12-8(11)14-9/h3-6H2,1-2H3. The van der Waals surface area contributed by atoms with Crippen LogP contribution in [0.15, 0.2) is 0 Å². The Bertz CT molecular complexity index is 293. The van der Waals surface area contributed by atoms with Gasteiger partial charge in [0, 0.05) is 13.1 Å². The van der Waals surface area contributed by atoms with E-state index in [9.17, 15) is 8.78 Å². The minimum absolute atomic E-state index is 0.0729. The molecule has 0 unspecified atom stereocenters. The molecule has 0 aromatic carbocycles. The van der Waals surface area contributed by atoms with Gasteiger partial charge < -0.3 is 4.90 Å². The third kappa shape index (κ3) is 3.38. The van der Waals surface area contributed by atoms with E-state index in [4.69, 9.17) is 0 Å². The summed E-state index contributed by atoms with van der Waals surface area (Å²) in [4.78, 5) is 11.5. The molecule has 0 aliphatic heterocycles. The summed E-state index contributed by atoms with van der Waals surface area (Å²) in [5, 5.41) is 0. The van der Waals surface area contributed by atoms with Gasteiger partial charge in [-0.05, 0) is 12.8 Å². The van der Waals surface area contributed by atoms with E-state index in [0.717, 1.165) is 12.8 Å². The van der Waals surface area contributed by atoms with E-state index in [0.29, 0.717) is 13.1 Å². The summed E-state index contributed by atoms with van der Waals surface area (Å²) in [6.07, 6.45) is -0.409. The summed E-state index contributed by atoms with van der Waals surface area (Å²) in [6, 6.07) is 0. The zero-order valence-corrected chi connectivity index (χ0v) is 8.87. The van der Waals surface area contributed by atoms with Crippen LogP contribution in [0, 0.1) is 12.2 Å². The van der Waals surface area contributed by atoms with Crippen molar-refractivity contribution in [1.29, 1.82) is 0 Å². The molecule has 0 atom stereocenters. The first-order valence-corrected chi connectivity index (χ1v) is 4.99. The molecular weight excluding hydrogens is 202 g/mol. The number of aromatic nitrogens is 3. The molecule has 1 rings (SSSR count). The predicted octanol–water partition coefficient (Wildman–Crippen LogP) is 1.78. The average molecular weight is 216 g/mol. The SMILES string of the molecule is CCCN(CCC)c1nc(F)nc(F)n1. The van der Waals surface area contributed by atoms with Gasteiger partial charge in [-0.3, -0.25) is 0 Å². The molecule has 0 radical (unpaired) electrons. The maximum Gasteiger partial charge on any atom is 0.315 e. The highest BCUT2D eigenvalue weighted by atomic mass is 19.1. The van der Waals surface area contributed by atoms with Crippen molar-refractivity contribution in [3.8, 4) is 0 Å². The molecule has 0 aliphatic carbocycles. The number of nitrogens with zero attached hydrogens (tertiary/aromatic N) is 4. The van der Waals surface area contributed by atoms with Gasteiger partial charge in [-0.1, -0.05) is 13.8 Å². The topological polar surface area (TPSA) is 41.9 Å². The number of rotatable bonds is 5. The zero-order valence-electron chi connectivity index (χ0n) is 8.87. The molecule has 0 spiro atoms. The van der Waals surface area contributed by atoms with Crippen LogP contribution in [-0.2, 0) is 0 Å². The summed E-state index contributed by atoms with van der Waals surface area (Å²) in [5.41, 5.74) is 0. The fourth-order valence-corrected chi connectivity index (χ4v) is 1.31. The van der Waals surface area contributed by atoms with Crippen LogP contribution < -0.4 is 4.90 Å². The molecule has 4 nitrogen and oxygen atoms in total. The van der Waals surface area contributed by atoms with Crippen molar-refractivity contribution in [3.63, 3.8) is 0 Å². The second-order valence-corrected chi connectivity index (χ2v) is 3.16. The Balaban J connectivity index is 2.88. The first-order chi connectivity index (χ1) is 7.17. The number of hydrogen-bond acceptors (Lipinski definition) is 4. The smallest absolute Gasteiger partial charge is 0.315 e. The zero-order chi connectivity index (χ0) is 11.3. The van der Waals surface area contributed by atoms with E-state index < -0.39 is 12.2 Å². The molecule has 15 heavy (non-hydrogen) atoms. The van der Waals surface area contributed by atoms with E-state index >= 15 is 0 Å². The lowest BCUT2D eigenvalue weighted by Crippen LogP contribution is -2.27. The Hall–Kier alpha value is -1.33. The fourth-order valence-electron chi connectivity index (χ4n) is 1.31. The Kier molecular flexibility index (Phi) is 4.33. The molecule has 1 aromatic heterocycles. The van der Waals surface area contributed by atoms with Crippen LogP contribution in [0.5, 0.6) is 0 Å². The summed E-state index contributed by atoms with van der Waals surface area (Å²) in [7, 11) is 0. The quantitative estimate of drug-likeness (QED) is 0.752. The van der Waals surface area contributed by atoms with Gasteiger partial charge >= 0.3 is 12.2 Å². The normalized spacial score (nSPS) is 10.4. The van der Waals surface area contributed by atoms with Gasteiger partial charge in [-0.25, -0.2) is 0 Å². The molecule has 84 valence electrons. The Labute approximate surface area is 87.4 Å². The summed E-state index contributed by atoms with van der Waals surface area (Å²) in [6.45, 7) is 5.32. The summed E-state index contributed by atoms with van der Waals surface area (Å²) < 4.78 is 25.5. The number of halogens is 2. The minimum Gasteiger partial charge on any atom is -0.341 e. The Morgan fingerprint density at radius 2 is 1.40 bits per heavy atom. The number of hydrogen-bond donors (Lipinski definition) is 0. The van der Waals surface area contributed by atoms with Crippen molar-refractivity contribution in [1.82, 2.24) is 15.0 Å². The van der Waals surface area contributed by atoms with E-state index in [1.807, 2.05) is 13.8 Å². The van der Waals surface area contributed by atoms with Crippen molar-refractivity contribution in [2.45, 2.75) is 26.7 Å². The lowest BCUT2D eigenvalue weighted by atomic mass is 10.4. The lowest BCUT2D eigenvalue weighted by Gasteiger charge is -2.20. The predicted molar refractivity (Wildman–Crippen MR) is 52.5 cm³/mol. The molecule has 0 saturated heterocycles. The van der Waals surface area contributed by atoms with Gasteiger partial charge in [-0.2, -0.15) is 23.7 Å². The second kappa shape index (κ2) is 5.53. The Morgan fingerprint density at radius 1 is 0.933 bits per heavy atom. The van der Waals surface area contributed by atoms with Crippen molar-refractivity contribution in [3.05, 3.63) is 12.2 Å². The molecule has 0 fully saturated rings. The van der Waals surface area contributed by atoms with Crippen LogP contribution in [0.1, 0.15) is 26.7 Å². The van der Waals surface area contributed by atoms with Crippen LogP contribution in [0.2, 0.25) is 0 Å². The van der Waals surface area contributed by atoms with E-state index in [1.165, 1.54) is 0 Å². The monoisotopic (exact) mass is 216 g/mol. The van der Waals surface area contributed by atoms with Gasteiger partial charge in [0.15, 0.2) is 0 Å². The molecule has 6 heteroatoms. The molecule has 1 aromatic rings. The molecule has 1 heterocycles. The first kappa shape index (κ1) is 11.7. The maximum absolute atomic E-state index is 12.7. The van der Waals surface area contributed by atoms with Crippen molar-refractivity contribution < 1.29 is 8.78 Å². The third-order valence-electron chi connectivity index (χ3n) is 1.84. The van der Waals surface area contributed by atoms with E-state index in [1.54, 1.807) is 4.90 Å². The molecule has 0 bridgehead atoms. The van der Waals surface area contributed by atoms with E-state index in [-0.39, 0.29) is 5.95 Å². The van der Waals surface area contributed by atoms with Gasteiger partial charge in [0.2, 0.25) is 5.95 Å². The maximum atomic E-state index is 12.7. The molecular formula is C9H14F2N4. The van der Waals surface area contributed by atoms with E-state index in [2.05, 4.69) is 15.0 Å². The minimum atomic E-state index is -1.07. The highest BCUT2D eigenvalue weighted by Gasteiger charge is 2.11. The molecule has 0 saturated carbocycles. The lowest BCUT2D eigenvalue weighted by molar-refractivity contribution is 0.452. The van der Waals surface area contributed by atoms with Crippen LogP contribution in [0.25, 0.3) is 0 Å².